The second-order valence-corrected chi connectivity index (χ2v) is 3.32. The summed E-state index contributed by atoms with van der Waals surface area (Å²) in [5, 5.41) is 4.05. The largest absolute Gasteiger partial charge is 0.505 e. The average Bonchev–Trinajstić information content (AvgIpc) is 2.76. The Kier molecular flexibility index (Phi) is 3.02. The quantitative estimate of drug-likeness (QED) is 0.706. The molecule has 0 bridgehead atoms. The number of rotatable bonds is 3. The summed E-state index contributed by atoms with van der Waals surface area (Å²) in [5.41, 5.74) is 2.10. The van der Waals surface area contributed by atoms with Crippen molar-refractivity contribution in [3.8, 4) is 0 Å². The summed E-state index contributed by atoms with van der Waals surface area (Å²) in [7, 11) is 1.62. The molecule has 0 aliphatic carbocycles. The molecule has 1 heterocycles. The van der Waals surface area contributed by atoms with Crippen LogP contribution in [0.4, 0.5) is 0 Å². The van der Waals surface area contributed by atoms with Gasteiger partial charge in [0, 0.05) is 6.42 Å². The predicted molar refractivity (Wildman–Crippen MR) is 58.6 cm³/mol. The number of hydrogen-bond acceptors (Lipinski definition) is 3. The van der Waals surface area contributed by atoms with Crippen LogP contribution in [0.3, 0.4) is 0 Å². The topological polar surface area (TPSA) is 30.8 Å². The van der Waals surface area contributed by atoms with E-state index in [9.17, 15) is 0 Å². The zero-order valence-electron chi connectivity index (χ0n) is 8.59. The molecule has 0 aromatic heterocycles. The molecular formula is C12H13NO2. The van der Waals surface area contributed by atoms with E-state index in [1.807, 2.05) is 36.4 Å². The van der Waals surface area contributed by atoms with Crippen LogP contribution in [0.1, 0.15) is 12.0 Å². The second-order valence-electron chi connectivity index (χ2n) is 3.32. The maximum atomic E-state index is 5.24. The van der Waals surface area contributed by atoms with Crippen LogP contribution < -0.4 is 0 Å². The molecule has 15 heavy (non-hydrogen) atoms. The van der Waals surface area contributed by atoms with E-state index >= 15 is 0 Å². The first-order chi connectivity index (χ1) is 7.40. The van der Waals surface area contributed by atoms with Crippen molar-refractivity contribution >= 4 is 5.71 Å². The summed E-state index contributed by atoms with van der Waals surface area (Å²) < 4.78 is 4.83. The van der Waals surface area contributed by atoms with Crippen molar-refractivity contribution in [2.75, 3.05) is 7.11 Å². The normalized spacial score (nSPS) is 20.1. The molecule has 1 aliphatic rings. The Hall–Kier alpha value is -1.77. The molecule has 1 aliphatic heterocycles. The van der Waals surface area contributed by atoms with Gasteiger partial charge in [0.25, 0.3) is 0 Å². The Morgan fingerprint density at radius 2 is 2.20 bits per heavy atom. The van der Waals surface area contributed by atoms with Gasteiger partial charge < -0.3 is 9.57 Å². The molecule has 78 valence electrons. The van der Waals surface area contributed by atoms with Gasteiger partial charge in [0.2, 0.25) is 0 Å². The fraction of sp³-hybridized carbons (Fsp3) is 0.250. The number of methoxy groups -OCH3 is 1. The van der Waals surface area contributed by atoms with Gasteiger partial charge in [0.15, 0.2) is 6.10 Å². The standard InChI is InChI=1S/C12H13NO2/c1-14-8-7-11-9-12(13-15-11)10-5-3-2-4-6-10/h2-8,11H,9H2,1H3/b8-7+/t11-/m1/s1. The molecule has 0 saturated heterocycles. The number of hydrogen-bond donors (Lipinski definition) is 0. The first-order valence-electron chi connectivity index (χ1n) is 4.87. The van der Waals surface area contributed by atoms with Crippen molar-refractivity contribution in [1.82, 2.24) is 0 Å². The minimum Gasteiger partial charge on any atom is -0.505 e. The molecule has 1 aromatic rings. The first kappa shape index (κ1) is 9.77. The van der Waals surface area contributed by atoms with E-state index < -0.39 is 0 Å². The van der Waals surface area contributed by atoms with Crippen molar-refractivity contribution in [2.45, 2.75) is 12.5 Å². The maximum Gasteiger partial charge on any atom is 0.154 e. The predicted octanol–water partition coefficient (Wildman–Crippen LogP) is 2.34. The van der Waals surface area contributed by atoms with E-state index in [0.29, 0.717) is 0 Å². The first-order valence-corrected chi connectivity index (χ1v) is 4.87. The second kappa shape index (κ2) is 4.64. The fourth-order valence-electron chi connectivity index (χ4n) is 1.47. The summed E-state index contributed by atoms with van der Waals surface area (Å²) in [6, 6.07) is 10.0. The summed E-state index contributed by atoms with van der Waals surface area (Å²) in [4.78, 5) is 5.24. The molecule has 0 unspecified atom stereocenters. The van der Waals surface area contributed by atoms with Gasteiger partial charge in [0.05, 0.1) is 19.1 Å². The highest BCUT2D eigenvalue weighted by molar-refractivity contribution is 6.01. The van der Waals surface area contributed by atoms with Crippen LogP contribution in [-0.2, 0) is 9.57 Å². The lowest BCUT2D eigenvalue weighted by Crippen LogP contribution is -2.04. The van der Waals surface area contributed by atoms with Gasteiger partial charge in [-0.05, 0) is 11.6 Å². The minimum atomic E-state index is 0.000145. The average molecular weight is 203 g/mol. The van der Waals surface area contributed by atoms with E-state index in [0.717, 1.165) is 17.7 Å². The molecular weight excluding hydrogens is 190 g/mol. The fourth-order valence-corrected chi connectivity index (χ4v) is 1.47. The van der Waals surface area contributed by atoms with Crippen LogP contribution in [0.2, 0.25) is 0 Å². The smallest absolute Gasteiger partial charge is 0.154 e. The van der Waals surface area contributed by atoms with Crippen LogP contribution in [0.5, 0.6) is 0 Å². The van der Waals surface area contributed by atoms with E-state index in [4.69, 9.17) is 9.57 Å². The highest BCUT2D eigenvalue weighted by atomic mass is 16.6. The Bertz CT molecular complexity index is 370. The lowest BCUT2D eigenvalue weighted by Gasteiger charge is -2.00. The molecule has 0 radical (unpaired) electrons. The van der Waals surface area contributed by atoms with Gasteiger partial charge in [-0.3, -0.25) is 0 Å². The van der Waals surface area contributed by atoms with Crippen molar-refractivity contribution in [1.29, 1.82) is 0 Å². The molecule has 2 rings (SSSR count). The number of nitrogens with zero attached hydrogens (tertiary/aromatic N) is 1. The lowest BCUT2D eigenvalue weighted by molar-refractivity contribution is 0.117. The summed E-state index contributed by atoms with van der Waals surface area (Å²) in [6.45, 7) is 0. The minimum absolute atomic E-state index is 0.000145. The van der Waals surface area contributed by atoms with Crippen LogP contribution in [0.25, 0.3) is 0 Å². The molecule has 1 atom stereocenters. The van der Waals surface area contributed by atoms with Gasteiger partial charge in [-0.15, -0.1) is 0 Å². The molecule has 0 N–H and O–H groups in total. The third-order valence-corrected chi connectivity index (χ3v) is 2.23. The Morgan fingerprint density at radius 3 is 2.93 bits per heavy atom. The van der Waals surface area contributed by atoms with Crippen molar-refractivity contribution < 1.29 is 9.57 Å². The maximum absolute atomic E-state index is 5.24. The molecule has 0 spiro atoms. The van der Waals surface area contributed by atoms with Crippen LogP contribution in [0.15, 0.2) is 47.8 Å². The van der Waals surface area contributed by atoms with E-state index in [2.05, 4.69) is 5.16 Å². The van der Waals surface area contributed by atoms with Gasteiger partial charge >= 0.3 is 0 Å². The summed E-state index contributed by atoms with van der Waals surface area (Å²) >= 11 is 0. The van der Waals surface area contributed by atoms with Crippen molar-refractivity contribution in [3.63, 3.8) is 0 Å². The lowest BCUT2D eigenvalue weighted by atomic mass is 10.1. The molecule has 0 saturated carbocycles. The third-order valence-electron chi connectivity index (χ3n) is 2.23. The van der Waals surface area contributed by atoms with Gasteiger partial charge in [-0.1, -0.05) is 35.5 Å². The number of benzene rings is 1. The van der Waals surface area contributed by atoms with E-state index in [1.165, 1.54) is 0 Å². The van der Waals surface area contributed by atoms with E-state index in [-0.39, 0.29) is 6.10 Å². The van der Waals surface area contributed by atoms with Crippen molar-refractivity contribution in [2.24, 2.45) is 5.16 Å². The third kappa shape index (κ3) is 2.37. The molecule has 3 heteroatoms. The zero-order valence-corrected chi connectivity index (χ0v) is 8.59. The van der Waals surface area contributed by atoms with Crippen molar-refractivity contribution in [3.05, 3.63) is 48.2 Å². The van der Waals surface area contributed by atoms with Crippen LogP contribution in [0, 0.1) is 0 Å². The zero-order chi connectivity index (χ0) is 10.5. The van der Waals surface area contributed by atoms with Gasteiger partial charge in [-0.25, -0.2) is 0 Å². The Labute approximate surface area is 89.0 Å². The highest BCUT2D eigenvalue weighted by Gasteiger charge is 2.19. The Morgan fingerprint density at radius 1 is 1.40 bits per heavy atom. The molecule has 0 amide bonds. The van der Waals surface area contributed by atoms with Crippen LogP contribution >= 0.6 is 0 Å². The Balaban J connectivity index is 2.01. The van der Waals surface area contributed by atoms with E-state index in [1.54, 1.807) is 13.4 Å². The molecule has 3 nitrogen and oxygen atoms in total. The number of ether oxygens (including phenoxy) is 1. The summed E-state index contributed by atoms with van der Waals surface area (Å²) in [5.74, 6) is 0. The van der Waals surface area contributed by atoms with Gasteiger partial charge in [0.1, 0.15) is 0 Å². The molecule has 1 aromatic carbocycles. The molecule has 0 fully saturated rings. The highest BCUT2D eigenvalue weighted by Crippen LogP contribution is 2.17. The van der Waals surface area contributed by atoms with Gasteiger partial charge in [-0.2, -0.15) is 0 Å². The van der Waals surface area contributed by atoms with Crippen LogP contribution in [-0.4, -0.2) is 18.9 Å². The number of oxime groups is 1. The summed E-state index contributed by atoms with van der Waals surface area (Å²) in [6.07, 6.45) is 4.28. The monoisotopic (exact) mass is 203 g/mol. The SMILES string of the molecule is CO/C=C/[C@@H]1CC(c2ccccc2)=NO1.